The fourth-order valence-corrected chi connectivity index (χ4v) is 3.18. The summed E-state index contributed by atoms with van der Waals surface area (Å²) < 4.78 is 0. The number of likely N-dealkylation sites (tertiary alicyclic amines) is 1. The van der Waals surface area contributed by atoms with Crippen LogP contribution in [0.25, 0.3) is 0 Å². The van der Waals surface area contributed by atoms with Crippen molar-refractivity contribution in [3.8, 4) is 6.07 Å². The quantitative estimate of drug-likeness (QED) is 0.900. The van der Waals surface area contributed by atoms with E-state index in [1.165, 1.54) is 4.90 Å². The molecule has 1 aromatic rings. The topological polar surface area (TPSA) is 76.4 Å². The Labute approximate surface area is 139 Å². The first-order chi connectivity index (χ1) is 11.1. The van der Waals surface area contributed by atoms with Crippen LogP contribution in [0.3, 0.4) is 0 Å². The van der Waals surface area contributed by atoms with Crippen molar-refractivity contribution in [1.29, 1.82) is 5.26 Å². The summed E-state index contributed by atoms with van der Waals surface area (Å²) in [6.45, 7) is 1.43. The monoisotopic (exact) mass is 332 g/mol. The second-order valence-corrected chi connectivity index (χ2v) is 6.26. The van der Waals surface area contributed by atoms with Gasteiger partial charge in [-0.1, -0.05) is 17.7 Å². The summed E-state index contributed by atoms with van der Waals surface area (Å²) in [6, 6.07) is 8.39. The molecule has 23 heavy (non-hydrogen) atoms. The van der Waals surface area contributed by atoms with Gasteiger partial charge in [0, 0.05) is 29.7 Å². The van der Waals surface area contributed by atoms with Gasteiger partial charge < -0.3 is 10.2 Å². The second-order valence-electron chi connectivity index (χ2n) is 5.82. The standard InChI is InChI=1S/C16H17ClN4O2/c17-12-2-1-3-13(8-12)21-10-14(19-16(21)23)15(22)20-6-4-11(9-18)5-7-20/h1-3,8,11,14H,4-7,10H2,(H,19,23). The number of amides is 3. The van der Waals surface area contributed by atoms with E-state index in [1.807, 2.05) is 0 Å². The number of hydrogen-bond acceptors (Lipinski definition) is 3. The van der Waals surface area contributed by atoms with Crippen molar-refractivity contribution in [2.24, 2.45) is 5.92 Å². The van der Waals surface area contributed by atoms with Crippen LogP contribution in [0.2, 0.25) is 5.02 Å². The second kappa shape index (κ2) is 6.47. The zero-order valence-electron chi connectivity index (χ0n) is 12.5. The number of hydrogen-bond donors (Lipinski definition) is 1. The molecule has 3 amide bonds. The number of carbonyl (C=O) groups excluding carboxylic acids is 2. The number of nitrogens with zero attached hydrogens (tertiary/aromatic N) is 3. The minimum atomic E-state index is -0.555. The molecule has 2 aliphatic rings. The van der Waals surface area contributed by atoms with E-state index >= 15 is 0 Å². The van der Waals surface area contributed by atoms with Crippen LogP contribution in [0, 0.1) is 17.2 Å². The molecule has 6 nitrogen and oxygen atoms in total. The number of anilines is 1. The third kappa shape index (κ3) is 3.25. The van der Waals surface area contributed by atoms with Crippen molar-refractivity contribution < 1.29 is 9.59 Å². The Morgan fingerprint density at radius 2 is 2.09 bits per heavy atom. The summed E-state index contributed by atoms with van der Waals surface area (Å²) in [5, 5.41) is 12.2. The van der Waals surface area contributed by atoms with Gasteiger partial charge >= 0.3 is 6.03 Å². The van der Waals surface area contributed by atoms with Crippen molar-refractivity contribution >= 4 is 29.2 Å². The number of piperidine rings is 1. The molecule has 0 saturated carbocycles. The van der Waals surface area contributed by atoms with Crippen LogP contribution in [0.4, 0.5) is 10.5 Å². The fourth-order valence-electron chi connectivity index (χ4n) is 2.99. The lowest BCUT2D eigenvalue weighted by Gasteiger charge is -2.30. The van der Waals surface area contributed by atoms with E-state index < -0.39 is 6.04 Å². The molecule has 7 heteroatoms. The maximum Gasteiger partial charge on any atom is 0.322 e. The van der Waals surface area contributed by atoms with Gasteiger partial charge in [-0.3, -0.25) is 9.69 Å². The first kappa shape index (κ1) is 15.6. The van der Waals surface area contributed by atoms with E-state index in [4.69, 9.17) is 16.9 Å². The van der Waals surface area contributed by atoms with Crippen molar-refractivity contribution in [3.05, 3.63) is 29.3 Å². The molecule has 1 unspecified atom stereocenters. The molecule has 1 aromatic carbocycles. The van der Waals surface area contributed by atoms with Gasteiger partial charge in [-0.15, -0.1) is 0 Å². The number of benzene rings is 1. The average molecular weight is 333 g/mol. The fraction of sp³-hybridized carbons (Fsp3) is 0.438. The van der Waals surface area contributed by atoms with Gasteiger partial charge in [-0.05, 0) is 31.0 Å². The summed E-state index contributed by atoms with van der Waals surface area (Å²) >= 11 is 5.96. The van der Waals surface area contributed by atoms with E-state index in [-0.39, 0.29) is 24.4 Å². The van der Waals surface area contributed by atoms with Crippen LogP contribution in [-0.4, -0.2) is 42.5 Å². The van der Waals surface area contributed by atoms with Crippen LogP contribution in [0.5, 0.6) is 0 Å². The van der Waals surface area contributed by atoms with Crippen LogP contribution < -0.4 is 10.2 Å². The Morgan fingerprint density at radius 3 is 2.74 bits per heavy atom. The third-order valence-corrected chi connectivity index (χ3v) is 4.55. The predicted molar refractivity (Wildman–Crippen MR) is 86.0 cm³/mol. The highest BCUT2D eigenvalue weighted by molar-refractivity contribution is 6.30. The van der Waals surface area contributed by atoms with Crippen molar-refractivity contribution in [1.82, 2.24) is 10.2 Å². The lowest BCUT2D eigenvalue weighted by Crippen LogP contribution is -2.48. The van der Waals surface area contributed by atoms with Crippen molar-refractivity contribution in [2.45, 2.75) is 18.9 Å². The van der Waals surface area contributed by atoms with E-state index in [0.29, 0.717) is 36.6 Å². The van der Waals surface area contributed by atoms with Crippen LogP contribution >= 0.6 is 11.6 Å². The maximum atomic E-state index is 12.6. The molecule has 0 bridgehead atoms. The molecule has 3 rings (SSSR count). The van der Waals surface area contributed by atoms with Crippen LogP contribution in [0.15, 0.2) is 24.3 Å². The Hall–Kier alpha value is -2.26. The van der Waals surface area contributed by atoms with E-state index in [0.717, 1.165) is 0 Å². The van der Waals surface area contributed by atoms with Gasteiger partial charge in [0.2, 0.25) is 5.91 Å². The van der Waals surface area contributed by atoms with Crippen LogP contribution in [0.1, 0.15) is 12.8 Å². The molecule has 2 heterocycles. The van der Waals surface area contributed by atoms with Crippen LogP contribution in [-0.2, 0) is 4.79 Å². The lowest BCUT2D eigenvalue weighted by atomic mass is 9.98. The molecule has 1 N–H and O–H groups in total. The molecule has 0 aliphatic carbocycles. The molecule has 1 atom stereocenters. The van der Waals surface area contributed by atoms with Gasteiger partial charge in [0.25, 0.3) is 0 Å². The largest absolute Gasteiger partial charge is 0.341 e. The van der Waals surface area contributed by atoms with Gasteiger partial charge in [-0.25, -0.2) is 4.79 Å². The molecule has 2 saturated heterocycles. The zero-order chi connectivity index (χ0) is 16.4. The van der Waals surface area contributed by atoms with Gasteiger partial charge in [0.05, 0.1) is 12.6 Å². The summed E-state index contributed by atoms with van der Waals surface area (Å²) in [6.07, 6.45) is 1.39. The number of nitriles is 1. The summed E-state index contributed by atoms with van der Waals surface area (Å²) in [4.78, 5) is 28.0. The Bertz CT molecular complexity index is 664. The predicted octanol–water partition coefficient (Wildman–Crippen LogP) is 2.00. The number of rotatable bonds is 2. The van der Waals surface area contributed by atoms with Crippen molar-refractivity contribution in [3.63, 3.8) is 0 Å². The summed E-state index contributed by atoms with van der Waals surface area (Å²) in [5.41, 5.74) is 0.675. The Kier molecular flexibility index (Phi) is 4.39. The maximum absolute atomic E-state index is 12.6. The molecule has 0 spiro atoms. The first-order valence-corrected chi connectivity index (χ1v) is 7.98. The Balaban J connectivity index is 1.66. The third-order valence-electron chi connectivity index (χ3n) is 4.32. The summed E-state index contributed by atoms with van der Waals surface area (Å²) in [7, 11) is 0. The molecule has 120 valence electrons. The molecule has 2 fully saturated rings. The molecule has 0 aromatic heterocycles. The zero-order valence-corrected chi connectivity index (χ0v) is 13.3. The van der Waals surface area contributed by atoms with E-state index in [9.17, 15) is 9.59 Å². The number of urea groups is 1. The van der Waals surface area contributed by atoms with Crippen molar-refractivity contribution in [2.75, 3.05) is 24.5 Å². The number of halogens is 1. The molecular formula is C16H17ClN4O2. The number of carbonyl (C=O) groups is 2. The summed E-state index contributed by atoms with van der Waals surface area (Å²) in [5.74, 6) is -0.0561. The molecule has 2 aliphatic heterocycles. The first-order valence-electron chi connectivity index (χ1n) is 7.60. The normalized spacial score (nSPS) is 21.9. The molecule has 0 radical (unpaired) electrons. The lowest BCUT2D eigenvalue weighted by molar-refractivity contribution is -0.133. The van der Waals surface area contributed by atoms with Gasteiger partial charge in [0.1, 0.15) is 6.04 Å². The minimum absolute atomic E-state index is 0.0279. The smallest absolute Gasteiger partial charge is 0.322 e. The SMILES string of the molecule is N#CC1CCN(C(=O)C2CN(c3cccc(Cl)c3)C(=O)N2)CC1. The van der Waals surface area contributed by atoms with Gasteiger partial charge in [0.15, 0.2) is 0 Å². The highest BCUT2D eigenvalue weighted by atomic mass is 35.5. The average Bonchev–Trinajstić information content (AvgIpc) is 2.96. The highest BCUT2D eigenvalue weighted by Gasteiger charge is 2.37. The van der Waals surface area contributed by atoms with E-state index in [1.54, 1.807) is 29.2 Å². The number of nitrogens with one attached hydrogen (secondary N) is 1. The molecular weight excluding hydrogens is 316 g/mol. The Morgan fingerprint density at radius 1 is 1.35 bits per heavy atom. The highest BCUT2D eigenvalue weighted by Crippen LogP contribution is 2.23. The van der Waals surface area contributed by atoms with Gasteiger partial charge in [-0.2, -0.15) is 5.26 Å². The minimum Gasteiger partial charge on any atom is -0.341 e. The van der Waals surface area contributed by atoms with E-state index in [2.05, 4.69) is 11.4 Å².